The summed E-state index contributed by atoms with van der Waals surface area (Å²) in [7, 11) is 1.64. The second kappa shape index (κ2) is 7.11. The first-order chi connectivity index (χ1) is 9.81. The van der Waals surface area contributed by atoms with Crippen LogP contribution in [0.4, 0.5) is 5.69 Å². The third-order valence-corrected chi connectivity index (χ3v) is 3.68. The maximum Gasteiger partial charge on any atom is 0.254 e. The van der Waals surface area contributed by atoms with E-state index in [0.29, 0.717) is 24.3 Å². The molecule has 0 fully saturated rings. The predicted octanol–water partition coefficient (Wildman–Crippen LogP) is 1.83. The molecule has 0 spiro atoms. The van der Waals surface area contributed by atoms with Gasteiger partial charge in [-0.3, -0.25) is 9.59 Å². The highest BCUT2D eigenvalue weighted by Gasteiger charge is 2.19. The number of carbonyl (C=O) groups is 2. The highest BCUT2D eigenvalue weighted by Crippen LogP contribution is 2.19. The van der Waals surface area contributed by atoms with E-state index < -0.39 is 0 Å². The Kier molecular flexibility index (Phi) is 5.76. The molecule has 0 saturated carbocycles. The lowest BCUT2D eigenvalue weighted by molar-refractivity contribution is -0.131. The fourth-order valence-electron chi connectivity index (χ4n) is 2.26. The topological polar surface area (TPSA) is 66.6 Å². The molecule has 2 N–H and O–H groups in total. The van der Waals surface area contributed by atoms with Gasteiger partial charge < -0.3 is 15.5 Å². The van der Waals surface area contributed by atoms with Gasteiger partial charge in [0, 0.05) is 31.4 Å². The molecule has 0 aliphatic heterocycles. The zero-order valence-corrected chi connectivity index (χ0v) is 13.6. The predicted molar refractivity (Wildman–Crippen MR) is 85.2 cm³/mol. The summed E-state index contributed by atoms with van der Waals surface area (Å²) in [6.07, 6.45) is 0. The molecule has 1 aromatic rings. The third kappa shape index (κ3) is 3.97. The monoisotopic (exact) mass is 291 g/mol. The lowest BCUT2D eigenvalue weighted by Gasteiger charge is -2.24. The summed E-state index contributed by atoms with van der Waals surface area (Å²) >= 11 is 0. The number of hydrogen-bond donors (Lipinski definition) is 1. The van der Waals surface area contributed by atoms with Crippen LogP contribution < -0.4 is 5.73 Å². The molecule has 0 heterocycles. The number of rotatable bonds is 5. The van der Waals surface area contributed by atoms with Gasteiger partial charge in [-0.05, 0) is 44.9 Å². The van der Waals surface area contributed by atoms with Crippen molar-refractivity contribution in [2.75, 3.05) is 32.4 Å². The molecule has 0 bridgehead atoms. The van der Waals surface area contributed by atoms with E-state index in [1.807, 2.05) is 33.8 Å². The quantitative estimate of drug-likeness (QED) is 0.842. The van der Waals surface area contributed by atoms with Crippen LogP contribution in [0.3, 0.4) is 0 Å². The second-order valence-electron chi connectivity index (χ2n) is 5.25. The van der Waals surface area contributed by atoms with E-state index in [1.54, 1.807) is 18.0 Å². The molecule has 0 saturated heterocycles. The second-order valence-corrected chi connectivity index (χ2v) is 5.25. The van der Waals surface area contributed by atoms with Crippen molar-refractivity contribution in [1.29, 1.82) is 0 Å². The molecule has 0 unspecified atom stereocenters. The molecule has 0 radical (unpaired) electrons. The summed E-state index contributed by atoms with van der Waals surface area (Å²) in [4.78, 5) is 27.7. The summed E-state index contributed by atoms with van der Waals surface area (Å²) in [6, 6.07) is 3.58. The fourth-order valence-corrected chi connectivity index (χ4v) is 2.26. The van der Waals surface area contributed by atoms with Crippen molar-refractivity contribution in [3.8, 4) is 0 Å². The number of anilines is 1. The van der Waals surface area contributed by atoms with Crippen LogP contribution >= 0.6 is 0 Å². The van der Waals surface area contributed by atoms with Gasteiger partial charge >= 0.3 is 0 Å². The van der Waals surface area contributed by atoms with E-state index >= 15 is 0 Å². The number of benzene rings is 1. The van der Waals surface area contributed by atoms with Crippen molar-refractivity contribution in [1.82, 2.24) is 9.80 Å². The average molecular weight is 291 g/mol. The molecule has 2 amide bonds. The van der Waals surface area contributed by atoms with E-state index in [1.165, 1.54) is 4.90 Å². The van der Waals surface area contributed by atoms with Gasteiger partial charge in [-0.15, -0.1) is 0 Å². The minimum Gasteiger partial charge on any atom is -0.398 e. The molecular formula is C16H25N3O2. The summed E-state index contributed by atoms with van der Waals surface area (Å²) < 4.78 is 0. The molecular weight excluding hydrogens is 266 g/mol. The summed E-state index contributed by atoms with van der Waals surface area (Å²) in [5.74, 6) is -0.228. The first-order valence-corrected chi connectivity index (χ1v) is 7.21. The Balaban J connectivity index is 2.89. The van der Waals surface area contributed by atoms with Gasteiger partial charge in [0.25, 0.3) is 5.91 Å². The lowest BCUT2D eigenvalue weighted by atomic mass is 10.0. The van der Waals surface area contributed by atoms with Gasteiger partial charge in [-0.25, -0.2) is 0 Å². The Morgan fingerprint density at radius 1 is 1.10 bits per heavy atom. The Morgan fingerprint density at radius 3 is 2.19 bits per heavy atom. The van der Waals surface area contributed by atoms with E-state index in [0.717, 1.165) is 11.1 Å². The smallest absolute Gasteiger partial charge is 0.254 e. The van der Waals surface area contributed by atoms with Gasteiger partial charge in [0.2, 0.25) is 5.91 Å². The van der Waals surface area contributed by atoms with Crippen LogP contribution in [0, 0.1) is 13.8 Å². The van der Waals surface area contributed by atoms with E-state index in [-0.39, 0.29) is 18.4 Å². The standard InChI is InChI=1S/C16H25N3O2/c1-6-19(7-2)15(20)10-18(5)16(21)13-9-14(17)12(4)8-11(13)3/h8-9H,6-7,10,17H2,1-5H3. The van der Waals surface area contributed by atoms with Crippen LogP contribution in [-0.2, 0) is 4.79 Å². The molecule has 0 atom stereocenters. The maximum atomic E-state index is 12.5. The summed E-state index contributed by atoms with van der Waals surface area (Å²) in [5, 5.41) is 0. The Hall–Kier alpha value is -2.04. The number of hydrogen-bond acceptors (Lipinski definition) is 3. The molecule has 0 aliphatic rings. The van der Waals surface area contributed by atoms with Crippen LogP contribution in [0.15, 0.2) is 12.1 Å². The Morgan fingerprint density at radius 2 is 1.67 bits per heavy atom. The van der Waals surface area contributed by atoms with Crippen LogP contribution in [0.25, 0.3) is 0 Å². The number of nitrogens with zero attached hydrogens (tertiary/aromatic N) is 2. The van der Waals surface area contributed by atoms with Crippen LogP contribution in [0.5, 0.6) is 0 Å². The number of aryl methyl sites for hydroxylation is 2. The number of amides is 2. The van der Waals surface area contributed by atoms with Crippen molar-refractivity contribution in [3.63, 3.8) is 0 Å². The molecule has 116 valence electrons. The maximum absolute atomic E-state index is 12.5. The van der Waals surface area contributed by atoms with Crippen molar-refractivity contribution < 1.29 is 9.59 Å². The first kappa shape index (κ1) is 17.0. The molecule has 5 heteroatoms. The van der Waals surface area contributed by atoms with Gasteiger partial charge in [0.05, 0.1) is 6.54 Å². The third-order valence-electron chi connectivity index (χ3n) is 3.68. The Bertz CT molecular complexity index is 537. The van der Waals surface area contributed by atoms with E-state index in [2.05, 4.69) is 0 Å². The SMILES string of the molecule is CCN(CC)C(=O)CN(C)C(=O)c1cc(N)c(C)cc1C. The fraction of sp³-hybridized carbons (Fsp3) is 0.500. The van der Waals surface area contributed by atoms with Crippen LogP contribution in [0.2, 0.25) is 0 Å². The zero-order chi connectivity index (χ0) is 16.2. The Labute approximate surface area is 126 Å². The highest BCUT2D eigenvalue weighted by molar-refractivity contribution is 5.98. The minimum atomic E-state index is -0.181. The average Bonchev–Trinajstić information content (AvgIpc) is 2.43. The van der Waals surface area contributed by atoms with Crippen molar-refractivity contribution >= 4 is 17.5 Å². The largest absolute Gasteiger partial charge is 0.398 e. The van der Waals surface area contributed by atoms with Crippen molar-refractivity contribution in [2.24, 2.45) is 0 Å². The van der Waals surface area contributed by atoms with Gasteiger partial charge in [-0.1, -0.05) is 6.07 Å². The van der Waals surface area contributed by atoms with Crippen LogP contribution in [-0.4, -0.2) is 48.3 Å². The molecule has 0 aliphatic carbocycles. The highest BCUT2D eigenvalue weighted by atomic mass is 16.2. The number of nitrogens with two attached hydrogens (primary N) is 1. The van der Waals surface area contributed by atoms with Gasteiger partial charge in [0.1, 0.15) is 0 Å². The molecule has 1 rings (SSSR count). The van der Waals surface area contributed by atoms with Crippen molar-refractivity contribution in [3.05, 3.63) is 28.8 Å². The van der Waals surface area contributed by atoms with Gasteiger partial charge in [-0.2, -0.15) is 0 Å². The zero-order valence-electron chi connectivity index (χ0n) is 13.6. The summed E-state index contributed by atoms with van der Waals surface area (Å²) in [5.41, 5.74) is 8.83. The lowest BCUT2D eigenvalue weighted by Crippen LogP contribution is -2.41. The molecule has 21 heavy (non-hydrogen) atoms. The molecule has 5 nitrogen and oxygen atoms in total. The van der Waals surface area contributed by atoms with Crippen molar-refractivity contribution in [2.45, 2.75) is 27.7 Å². The summed E-state index contributed by atoms with van der Waals surface area (Å²) in [6.45, 7) is 9.00. The minimum absolute atomic E-state index is 0.0476. The molecule has 0 aromatic heterocycles. The first-order valence-electron chi connectivity index (χ1n) is 7.21. The number of nitrogen functional groups attached to an aromatic ring is 1. The molecule has 1 aromatic carbocycles. The van der Waals surface area contributed by atoms with E-state index in [4.69, 9.17) is 5.73 Å². The van der Waals surface area contributed by atoms with Gasteiger partial charge in [0.15, 0.2) is 0 Å². The number of likely N-dealkylation sites (N-methyl/N-ethyl adjacent to an activating group) is 2. The normalized spacial score (nSPS) is 10.3. The van der Waals surface area contributed by atoms with Crippen LogP contribution in [0.1, 0.15) is 35.3 Å². The van der Waals surface area contributed by atoms with E-state index in [9.17, 15) is 9.59 Å². The number of carbonyl (C=O) groups excluding carboxylic acids is 2.